The molecule has 0 bridgehead atoms. The van der Waals surface area contributed by atoms with Gasteiger partial charge in [0.05, 0.1) is 17.6 Å². The molecular weight excluding hydrogens is 482 g/mol. The maximum absolute atomic E-state index is 13.3. The molecule has 4 heterocycles. The lowest BCUT2D eigenvalue weighted by atomic mass is 10.2. The van der Waals surface area contributed by atoms with Crippen LogP contribution < -0.4 is 10.3 Å². The third-order valence-electron chi connectivity index (χ3n) is 5.32. The van der Waals surface area contributed by atoms with E-state index in [9.17, 15) is 9.59 Å². The number of thiocarbonyl (C=S) groups is 1. The van der Waals surface area contributed by atoms with E-state index in [4.69, 9.17) is 33.3 Å². The molecule has 0 unspecified atom stereocenters. The summed E-state index contributed by atoms with van der Waals surface area (Å²) in [6.45, 7) is 1.10. The summed E-state index contributed by atoms with van der Waals surface area (Å²) in [6, 6.07) is 12.0. The minimum absolute atomic E-state index is 0.0244. The summed E-state index contributed by atoms with van der Waals surface area (Å²) >= 11 is 12.6. The maximum Gasteiger partial charge on any atom is 0.269 e. The van der Waals surface area contributed by atoms with E-state index in [-0.39, 0.29) is 29.0 Å². The fraction of sp³-hybridized carbons (Fsp3) is 0.217. The standard InChI is InChI=1S/C23H18ClN3O4S2/c24-14-6-8-15(9-7-14)31-20-17(21(28)26-10-2-1-5-19(26)25-20)12-18-22(29)27(23(32)33-18)13-16-4-3-11-30-16/h1-2,5-10,12,16H,3-4,11,13H2/b18-12-/t16-/m1/s1. The molecule has 10 heteroatoms. The molecule has 7 nitrogen and oxygen atoms in total. The Morgan fingerprint density at radius 2 is 2.06 bits per heavy atom. The molecule has 5 rings (SSSR count). The van der Waals surface area contributed by atoms with Gasteiger partial charge in [0.15, 0.2) is 0 Å². The third-order valence-corrected chi connectivity index (χ3v) is 6.95. The molecule has 1 amide bonds. The lowest BCUT2D eigenvalue weighted by Crippen LogP contribution is -2.35. The molecule has 33 heavy (non-hydrogen) atoms. The zero-order valence-electron chi connectivity index (χ0n) is 17.3. The Morgan fingerprint density at radius 3 is 2.82 bits per heavy atom. The highest BCUT2D eigenvalue weighted by atomic mass is 35.5. The van der Waals surface area contributed by atoms with E-state index in [2.05, 4.69) is 4.98 Å². The summed E-state index contributed by atoms with van der Waals surface area (Å²) in [7, 11) is 0. The predicted octanol–water partition coefficient (Wildman–Crippen LogP) is 4.52. The number of benzene rings is 1. The number of pyridine rings is 1. The Balaban J connectivity index is 1.54. The molecule has 2 fully saturated rings. The summed E-state index contributed by atoms with van der Waals surface area (Å²) in [5.74, 6) is 0.306. The van der Waals surface area contributed by atoms with E-state index in [0.29, 0.717) is 38.8 Å². The van der Waals surface area contributed by atoms with Crippen molar-refractivity contribution in [3.8, 4) is 11.6 Å². The number of hydrogen-bond acceptors (Lipinski definition) is 7. The Bertz CT molecular complexity index is 1330. The number of amides is 1. The van der Waals surface area contributed by atoms with Gasteiger partial charge in [-0.2, -0.15) is 4.98 Å². The van der Waals surface area contributed by atoms with Gasteiger partial charge < -0.3 is 9.47 Å². The molecule has 1 atom stereocenters. The highest BCUT2D eigenvalue weighted by molar-refractivity contribution is 8.26. The minimum Gasteiger partial charge on any atom is -0.438 e. The Morgan fingerprint density at radius 1 is 1.24 bits per heavy atom. The van der Waals surface area contributed by atoms with Crippen LogP contribution in [0.1, 0.15) is 18.4 Å². The van der Waals surface area contributed by atoms with Crippen LogP contribution in [0.2, 0.25) is 5.02 Å². The minimum atomic E-state index is -0.353. The van der Waals surface area contributed by atoms with Crippen LogP contribution >= 0.6 is 35.6 Å². The highest BCUT2D eigenvalue weighted by Crippen LogP contribution is 2.35. The fourth-order valence-electron chi connectivity index (χ4n) is 3.68. The van der Waals surface area contributed by atoms with Crippen molar-refractivity contribution in [1.82, 2.24) is 14.3 Å². The van der Waals surface area contributed by atoms with Crippen LogP contribution in [-0.2, 0) is 9.53 Å². The average molecular weight is 500 g/mol. The second-order valence-electron chi connectivity index (χ2n) is 7.55. The highest BCUT2D eigenvalue weighted by Gasteiger charge is 2.35. The summed E-state index contributed by atoms with van der Waals surface area (Å²) in [5.41, 5.74) is 0.231. The Kier molecular flexibility index (Phi) is 6.20. The number of rotatable bonds is 5. The number of fused-ring (bicyclic) bond motifs is 1. The van der Waals surface area contributed by atoms with Crippen molar-refractivity contribution >= 4 is 57.5 Å². The first kappa shape index (κ1) is 22.1. The SMILES string of the molecule is O=C1/C(=C/c2c(Oc3ccc(Cl)cc3)nc3ccccn3c2=O)SC(=S)N1C[C@H]1CCCO1. The van der Waals surface area contributed by atoms with E-state index in [1.54, 1.807) is 48.7 Å². The summed E-state index contributed by atoms with van der Waals surface area (Å²) < 4.78 is 13.4. The molecule has 2 aromatic heterocycles. The fourth-order valence-corrected chi connectivity index (χ4v) is 5.06. The molecule has 0 radical (unpaired) electrons. The van der Waals surface area contributed by atoms with Gasteiger partial charge >= 0.3 is 0 Å². The van der Waals surface area contributed by atoms with Crippen molar-refractivity contribution in [3.05, 3.63) is 74.5 Å². The molecule has 2 saturated heterocycles. The zero-order chi connectivity index (χ0) is 22.9. The van der Waals surface area contributed by atoms with Crippen LogP contribution in [-0.4, -0.2) is 43.8 Å². The van der Waals surface area contributed by atoms with E-state index in [0.717, 1.165) is 24.6 Å². The van der Waals surface area contributed by atoms with E-state index >= 15 is 0 Å². The van der Waals surface area contributed by atoms with Crippen LogP contribution in [0.3, 0.4) is 0 Å². The van der Waals surface area contributed by atoms with Crippen molar-refractivity contribution in [2.75, 3.05) is 13.2 Å². The van der Waals surface area contributed by atoms with Crippen molar-refractivity contribution in [3.63, 3.8) is 0 Å². The van der Waals surface area contributed by atoms with Gasteiger partial charge in [-0.3, -0.25) is 18.9 Å². The zero-order valence-corrected chi connectivity index (χ0v) is 19.7. The second kappa shape index (κ2) is 9.26. The molecular formula is C23H18ClN3O4S2. The van der Waals surface area contributed by atoms with Crippen molar-refractivity contribution in [2.45, 2.75) is 18.9 Å². The molecule has 0 spiro atoms. The first-order chi connectivity index (χ1) is 16.0. The normalized spacial score (nSPS) is 19.7. The molecule has 0 N–H and O–H groups in total. The van der Waals surface area contributed by atoms with Gasteiger partial charge in [-0.1, -0.05) is 41.6 Å². The van der Waals surface area contributed by atoms with Crippen LogP contribution in [0, 0.1) is 0 Å². The number of thioether (sulfide) groups is 1. The van der Waals surface area contributed by atoms with E-state index in [1.807, 2.05) is 0 Å². The number of carbonyl (C=O) groups is 1. The van der Waals surface area contributed by atoms with Gasteiger partial charge in [-0.25, -0.2) is 0 Å². The smallest absolute Gasteiger partial charge is 0.269 e. The molecule has 0 saturated carbocycles. The number of ether oxygens (including phenoxy) is 2. The van der Waals surface area contributed by atoms with Gasteiger partial charge in [0, 0.05) is 17.8 Å². The predicted molar refractivity (Wildman–Crippen MR) is 132 cm³/mol. The second-order valence-corrected chi connectivity index (χ2v) is 9.66. The van der Waals surface area contributed by atoms with Crippen molar-refractivity contribution < 1.29 is 14.3 Å². The maximum atomic E-state index is 13.3. The largest absolute Gasteiger partial charge is 0.438 e. The van der Waals surface area contributed by atoms with Gasteiger partial charge in [0.2, 0.25) is 5.88 Å². The number of nitrogens with zero attached hydrogens (tertiary/aromatic N) is 3. The van der Waals surface area contributed by atoms with Gasteiger partial charge in [0.1, 0.15) is 21.3 Å². The first-order valence-corrected chi connectivity index (χ1v) is 11.9. The monoisotopic (exact) mass is 499 g/mol. The molecule has 168 valence electrons. The van der Waals surface area contributed by atoms with Crippen molar-refractivity contribution in [1.29, 1.82) is 0 Å². The third kappa shape index (κ3) is 4.54. The molecule has 2 aliphatic rings. The summed E-state index contributed by atoms with van der Waals surface area (Å²) in [5, 5.41) is 0.559. The van der Waals surface area contributed by atoms with Gasteiger partial charge in [-0.15, -0.1) is 0 Å². The summed E-state index contributed by atoms with van der Waals surface area (Å²) in [4.78, 5) is 32.8. The van der Waals surface area contributed by atoms with E-state index in [1.165, 1.54) is 15.4 Å². The molecule has 0 aliphatic carbocycles. The Hall–Kier alpha value is -2.72. The van der Waals surface area contributed by atoms with Gasteiger partial charge in [-0.05, 0) is 55.3 Å². The molecule has 3 aromatic rings. The average Bonchev–Trinajstić information content (AvgIpc) is 3.42. The number of aromatic nitrogens is 2. The molecule has 1 aromatic carbocycles. The van der Waals surface area contributed by atoms with Crippen LogP contribution in [0.5, 0.6) is 11.6 Å². The molecule has 2 aliphatic heterocycles. The van der Waals surface area contributed by atoms with Crippen molar-refractivity contribution in [2.24, 2.45) is 0 Å². The van der Waals surface area contributed by atoms with Crippen LogP contribution in [0.25, 0.3) is 11.7 Å². The number of halogens is 1. The summed E-state index contributed by atoms with van der Waals surface area (Å²) in [6.07, 6.45) is 4.97. The topological polar surface area (TPSA) is 73.1 Å². The van der Waals surface area contributed by atoms with Crippen LogP contribution in [0.4, 0.5) is 0 Å². The first-order valence-electron chi connectivity index (χ1n) is 10.3. The lowest BCUT2D eigenvalue weighted by Gasteiger charge is -2.18. The quantitative estimate of drug-likeness (QED) is 0.377. The lowest BCUT2D eigenvalue weighted by molar-refractivity contribution is -0.123. The number of carbonyl (C=O) groups excluding carboxylic acids is 1. The number of hydrogen-bond donors (Lipinski definition) is 0. The van der Waals surface area contributed by atoms with E-state index < -0.39 is 0 Å². The van der Waals surface area contributed by atoms with Crippen LogP contribution in [0.15, 0.2) is 58.4 Å². The Labute approximate surface area is 204 Å². The van der Waals surface area contributed by atoms with Gasteiger partial charge in [0.25, 0.3) is 11.5 Å².